The molecule has 4 atom stereocenters. The van der Waals surface area contributed by atoms with Crippen molar-refractivity contribution in [1.29, 1.82) is 0 Å². The molecule has 0 radical (unpaired) electrons. The van der Waals surface area contributed by atoms with Crippen LogP contribution in [0.3, 0.4) is 0 Å². The third kappa shape index (κ3) is 5.19. The van der Waals surface area contributed by atoms with Crippen LogP contribution in [0, 0.1) is 11.8 Å². The van der Waals surface area contributed by atoms with E-state index < -0.39 is 58.0 Å². The molecule has 2 heterocycles. The van der Waals surface area contributed by atoms with Gasteiger partial charge in [0.05, 0.1) is 30.3 Å². The number of nitrogens with two attached hydrogens (primary N) is 1. The molecule has 1 aromatic carbocycles. The van der Waals surface area contributed by atoms with Crippen LogP contribution in [0.4, 0.5) is 5.69 Å². The first-order valence-corrected chi connectivity index (χ1v) is 16.1. The first kappa shape index (κ1) is 33.7. The normalized spacial score (nSPS) is 26.5. The molecule has 0 spiro atoms. The van der Waals surface area contributed by atoms with E-state index in [2.05, 4.69) is 9.80 Å². The largest absolute Gasteiger partial charge is 0.508 e. The number of rotatable bonds is 8. The second kappa shape index (κ2) is 12.3. The molecule has 0 unspecified atom stereocenters. The quantitative estimate of drug-likeness (QED) is 0.212. The maximum atomic E-state index is 14.2. The molecular weight excluding hydrogens is 622 g/mol. The lowest BCUT2D eigenvalue weighted by Crippen LogP contribution is -2.65. The number of piperazine rings is 1. The molecule has 7 N–H and O–H groups in total. The van der Waals surface area contributed by atoms with Gasteiger partial charge in [-0.2, -0.15) is 0 Å². The highest BCUT2D eigenvalue weighted by molar-refractivity contribution is 6.24. The summed E-state index contributed by atoms with van der Waals surface area (Å²) in [6, 6.07) is 4.19. The number of ketones is 2. The van der Waals surface area contributed by atoms with Crippen LogP contribution in [0.2, 0.25) is 0 Å². The Bertz CT molecular complexity index is 1740. The Kier molecular flexibility index (Phi) is 8.67. The summed E-state index contributed by atoms with van der Waals surface area (Å²) in [4.78, 5) is 47.6. The van der Waals surface area contributed by atoms with Gasteiger partial charge < -0.3 is 40.6 Å². The average Bonchev–Trinajstić information content (AvgIpc) is 3.47. The number of fused-ring (bicyclic) bond motifs is 3. The molecule has 3 aliphatic carbocycles. The fourth-order valence-electron chi connectivity index (χ4n) is 8.02. The molecule has 48 heavy (non-hydrogen) atoms. The summed E-state index contributed by atoms with van der Waals surface area (Å²) in [5, 5.41) is 55.8. The van der Waals surface area contributed by atoms with Crippen molar-refractivity contribution in [3.05, 3.63) is 52.0 Å². The molecular formula is C34H43N5O9. The first-order valence-electron chi connectivity index (χ1n) is 16.1. The number of aliphatic hydroxyl groups is 4. The van der Waals surface area contributed by atoms with E-state index in [4.69, 9.17) is 10.2 Å². The Morgan fingerprint density at radius 2 is 1.73 bits per heavy atom. The van der Waals surface area contributed by atoms with Crippen molar-refractivity contribution in [3.8, 4) is 17.1 Å². The van der Waals surface area contributed by atoms with Gasteiger partial charge in [-0.3, -0.25) is 29.1 Å². The Balaban J connectivity index is 1.41. The highest BCUT2D eigenvalue weighted by Gasteiger charge is 2.64. The molecule has 0 bridgehead atoms. The van der Waals surface area contributed by atoms with Crippen LogP contribution < -0.4 is 10.6 Å². The maximum absolute atomic E-state index is 14.2. The van der Waals surface area contributed by atoms with Crippen LogP contribution in [0.15, 0.2) is 39.5 Å². The zero-order chi connectivity index (χ0) is 34.8. The van der Waals surface area contributed by atoms with E-state index in [1.54, 1.807) is 26.2 Å². The number of primary amides is 1. The van der Waals surface area contributed by atoms with E-state index in [1.165, 1.54) is 4.90 Å². The molecule has 1 aromatic heterocycles. The number of Topliss-reactive ketones (excluding diaryl/α,β-unsaturated/α-hetero) is 2. The van der Waals surface area contributed by atoms with E-state index >= 15 is 0 Å². The number of phenolic OH excluding ortho intramolecular Hbond substituents is 1. The molecule has 4 aliphatic rings. The standard InChI is InChI=1S/C34H43N5O9/c1-36(2)22-15-20(23-6-5-18(48-23)16-39-9-7-38(8-10-39)11-12-40)28(41)25-19(22)13-17-14-21-27(37(3)4)30(43)26(33(35)46)32(45)34(21,47)31(44)24(17)29(25)42/h5-6,15,17,21,27,40-42,45,47H,7-14,16H2,1-4H3,(H2,35,46)/t17-,21+,27+,34+/m1/s1. The number of carbonyl (C=O) groups is 3. The van der Waals surface area contributed by atoms with Crippen molar-refractivity contribution < 1.29 is 44.3 Å². The number of carbonyl (C=O) groups excluding carboxylic acids is 3. The monoisotopic (exact) mass is 665 g/mol. The Labute approximate surface area is 277 Å². The highest BCUT2D eigenvalue weighted by atomic mass is 16.4. The number of nitrogens with zero attached hydrogens (tertiary/aromatic N) is 4. The van der Waals surface area contributed by atoms with Crippen LogP contribution in [-0.4, -0.2) is 137 Å². The number of benzene rings is 1. The van der Waals surface area contributed by atoms with Crippen LogP contribution >= 0.6 is 0 Å². The van der Waals surface area contributed by atoms with Crippen molar-refractivity contribution in [1.82, 2.24) is 14.7 Å². The minimum Gasteiger partial charge on any atom is -0.508 e. The van der Waals surface area contributed by atoms with Gasteiger partial charge in [0.15, 0.2) is 11.4 Å². The fraction of sp³-hybridized carbons (Fsp3) is 0.500. The third-order valence-electron chi connectivity index (χ3n) is 10.4. The van der Waals surface area contributed by atoms with Gasteiger partial charge in [0.1, 0.15) is 34.4 Å². The van der Waals surface area contributed by atoms with E-state index in [9.17, 15) is 39.9 Å². The summed E-state index contributed by atoms with van der Waals surface area (Å²) in [6.07, 6.45) is 0.193. The number of likely N-dealkylation sites (N-methyl/N-ethyl adjacent to an activating group) is 1. The van der Waals surface area contributed by atoms with Gasteiger partial charge in [-0.1, -0.05) is 0 Å². The molecule has 2 aromatic rings. The first-order chi connectivity index (χ1) is 22.7. The Morgan fingerprint density at radius 3 is 2.33 bits per heavy atom. The van der Waals surface area contributed by atoms with E-state index in [0.717, 1.165) is 26.2 Å². The van der Waals surface area contributed by atoms with Crippen molar-refractivity contribution in [2.75, 3.05) is 72.4 Å². The van der Waals surface area contributed by atoms with Crippen LogP contribution in [0.1, 0.15) is 23.3 Å². The predicted molar refractivity (Wildman–Crippen MR) is 175 cm³/mol. The summed E-state index contributed by atoms with van der Waals surface area (Å²) in [5.41, 5.74) is 3.19. The topological polar surface area (TPSA) is 204 Å². The summed E-state index contributed by atoms with van der Waals surface area (Å²) in [5.74, 6) is -5.91. The Morgan fingerprint density at radius 1 is 1.06 bits per heavy atom. The third-order valence-corrected chi connectivity index (χ3v) is 10.4. The Hall–Kier alpha value is -4.21. The lowest BCUT2D eigenvalue weighted by molar-refractivity contribution is -0.153. The van der Waals surface area contributed by atoms with Gasteiger partial charge in [0.2, 0.25) is 5.78 Å². The summed E-state index contributed by atoms with van der Waals surface area (Å²) >= 11 is 0. The highest BCUT2D eigenvalue weighted by Crippen LogP contribution is 2.55. The molecule has 1 saturated heterocycles. The van der Waals surface area contributed by atoms with E-state index in [1.807, 2.05) is 25.1 Å². The molecule has 258 valence electrons. The number of aliphatic hydroxyl groups excluding tert-OH is 3. The minimum absolute atomic E-state index is 0.00504. The van der Waals surface area contributed by atoms with Gasteiger partial charge in [-0.05, 0) is 56.6 Å². The second-order valence-corrected chi connectivity index (χ2v) is 13.6. The lowest BCUT2D eigenvalue weighted by Gasteiger charge is -2.50. The number of β-amino-alcohol motifs (C(OH)–C–C–N with tert-alkyl or cyclic N) is 1. The number of amides is 1. The fourth-order valence-corrected chi connectivity index (χ4v) is 8.02. The second-order valence-electron chi connectivity index (χ2n) is 13.6. The number of furan rings is 1. The number of hydrogen-bond acceptors (Lipinski definition) is 13. The lowest BCUT2D eigenvalue weighted by atomic mass is 9.57. The summed E-state index contributed by atoms with van der Waals surface area (Å²) in [7, 11) is 6.77. The number of phenols is 1. The zero-order valence-electron chi connectivity index (χ0n) is 27.6. The predicted octanol–water partition coefficient (Wildman–Crippen LogP) is 0.400. The maximum Gasteiger partial charge on any atom is 0.255 e. The molecule has 14 nitrogen and oxygen atoms in total. The van der Waals surface area contributed by atoms with Gasteiger partial charge >= 0.3 is 0 Å². The van der Waals surface area contributed by atoms with Crippen LogP contribution in [-0.2, 0) is 27.3 Å². The van der Waals surface area contributed by atoms with Crippen molar-refractivity contribution >= 4 is 28.9 Å². The zero-order valence-corrected chi connectivity index (χ0v) is 27.6. The SMILES string of the molecule is CN(C)c1cc(-c2ccc(CN3CCN(CCO)CC3)o2)c(O)c2c1C[C@@H]1C[C@H]3[C@H](N(C)C)C(=O)C(C(N)=O)=C(O)[C@@]3(O)C(=O)C1=C2O. The summed E-state index contributed by atoms with van der Waals surface area (Å²) < 4.78 is 6.20. The molecule has 1 amide bonds. The number of hydrogen-bond donors (Lipinski definition) is 6. The number of aromatic hydroxyl groups is 1. The number of anilines is 1. The molecule has 14 heteroatoms. The molecule has 1 aliphatic heterocycles. The molecule has 1 saturated carbocycles. The van der Waals surface area contributed by atoms with Crippen molar-refractivity contribution in [2.45, 2.75) is 31.0 Å². The molecule has 2 fully saturated rings. The van der Waals surface area contributed by atoms with Crippen molar-refractivity contribution in [2.24, 2.45) is 17.6 Å². The van der Waals surface area contributed by atoms with E-state index in [0.29, 0.717) is 35.9 Å². The summed E-state index contributed by atoms with van der Waals surface area (Å²) in [6.45, 7) is 4.59. The minimum atomic E-state index is -2.71. The van der Waals surface area contributed by atoms with Gasteiger partial charge in [0, 0.05) is 64.0 Å². The van der Waals surface area contributed by atoms with Gasteiger partial charge in [-0.25, -0.2) is 0 Å². The van der Waals surface area contributed by atoms with Gasteiger partial charge in [0.25, 0.3) is 5.91 Å². The van der Waals surface area contributed by atoms with Gasteiger partial charge in [-0.15, -0.1) is 0 Å². The smallest absolute Gasteiger partial charge is 0.255 e. The van der Waals surface area contributed by atoms with E-state index in [-0.39, 0.29) is 41.9 Å². The van der Waals surface area contributed by atoms with Crippen molar-refractivity contribution in [3.63, 3.8) is 0 Å². The molecule has 6 rings (SSSR count). The van der Waals surface area contributed by atoms with Crippen LogP contribution in [0.25, 0.3) is 17.1 Å². The van der Waals surface area contributed by atoms with Crippen LogP contribution in [0.5, 0.6) is 5.75 Å². The average molecular weight is 666 g/mol.